The van der Waals surface area contributed by atoms with Crippen LogP contribution in [0.15, 0.2) is 42.5 Å². The topological polar surface area (TPSA) is 50.4 Å². The molecule has 0 aliphatic carbocycles. The SMILES string of the molecule is O=CONNC(=S)Cc1ccc2ccccc2c1. The van der Waals surface area contributed by atoms with Crippen LogP contribution in [0, 0.1) is 0 Å². The van der Waals surface area contributed by atoms with Crippen LogP contribution in [0.4, 0.5) is 0 Å². The Balaban J connectivity index is 2.03. The predicted octanol–water partition coefficient (Wildman–Crippen LogP) is 1.89. The Morgan fingerprint density at radius 1 is 1.22 bits per heavy atom. The van der Waals surface area contributed by atoms with Gasteiger partial charge < -0.3 is 4.84 Å². The molecule has 18 heavy (non-hydrogen) atoms. The minimum absolute atomic E-state index is 0.283. The Bertz CT molecular complexity index is 572. The second-order valence-electron chi connectivity index (χ2n) is 3.72. The Morgan fingerprint density at radius 2 is 2.00 bits per heavy atom. The molecule has 2 N–H and O–H groups in total. The van der Waals surface area contributed by atoms with Gasteiger partial charge in [0.05, 0.1) is 4.99 Å². The van der Waals surface area contributed by atoms with E-state index in [1.54, 1.807) is 0 Å². The summed E-state index contributed by atoms with van der Waals surface area (Å²) in [5, 5.41) is 2.37. The Kier molecular flexibility index (Phi) is 4.22. The van der Waals surface area contributed by atoms with Gasteiger partial charge in [0.2, 0.25) is 0 Å². The largest absolute Gasteiger partial charge is 0.354 e. The van der Waals surface area contributed by atoms with Gasteiger partial charge in [-0.25, -0.2) is 0 Å². The fourth-order valence-electron chi connectivity index (χ4n) is 1.69. The third-order valence-electron chi connectivity index (χ3n) is 2.48. The van der Waals surface area contributed by atoms with Crippen molar-refractivity contribution < 1.29 is 9.63 Å². The molecule has 0 saturated heterocycles. The normalized spacial score (nSPS) is 10.0. The van der Waals surface area contributed by atoms with Crippen molar-refractivity contribution in [2.24, 2.45) is 0 Å². The van der Waals surface area contributed by atoms with Crippen molar-refractivity contribution in [1.29, 1.82) is 0 Å². The third kappa shape index (κ3) is 3.26. The van der Waals surface area contributed by atoms with Gasteiger partial charge in [-0.15, -0.1) is 0 Å². The van der Waals surface area contributed by atoms with Crippen LogP contribution in [-0.4, -0.2) is 11.5 Å². The molecule has 0 fully saturated rings. The van der Waals surface area contributed by atoms with Gasteiger partial charge in [0.15, 0.2) is 0 Å². The highest BCUT2D eigenvalue weighted by atomic mass is 32.1. The van der Waals surface area contributed by atoms with Gasteiger partial charge in [-0.05, 0) is 16.3 Å². The number of hydrogen-bond donors (Lipinski definition) is 2. The number of nitrogens with one attached hydrogen (secondary N) is 2. The number of benzene rings is 2. The van der Waals surface area contributed by atoms with Crippen molar-refractivity contribution in [2.75, 3.05) is 0 Å². The van der Waals surface area contributed by atoms with E-state index in [0.29, 0.717) is 11.4 Å². The van der Waals surface area contributed by atoms with E-state index < -0.39 is 0 Å². The van der Waals surface area contributed by atoms with Gasteiger partial charge >= 0.3 is 6.47 Å². The molecule has 0 aliphatic heterocycles. The summed E-state index contributed by atoms with van der Waals surface area (Å²) in [7, 11) is 0. The van der Waals surface area contributed by atoms with Gasteiger partial charge in [0.1, 0.15) is 0 Å². The first kappa shape index (κ1) is 12.5. The van der Waals surface area contributed by atoms with Crippen molar-refractivity contribution in [3.8, 4) is 0 Å². The zero-order valence-electron chi connectivity index (χ0n) is 9.55. The molecule has 0 aliphatic rings. The highest BCUT2D eigenvalue weighted by Gasteiger charge is 2.00. The van der Waals surface area contributed by atoms with E-state index in [1.165, 1.54) is 10.8 Å². The second kappa shape index (κ2) is 6.09. The number of carbonyl (C=O) groups is 1. The van der Waals surface area contributed by atoms with E-state index in [4.69, 9.17) is 12.2 Å². The molecule has 92 valence electrons. The van der Waals surface area contributed by atoms with Crippen LogP contribution in [0.5, 0.6) is 0 Å². The van der Waals surface area contributed by atoms with E-state index >= 15 is 0 Å². The van der Waals surface area contributed by atoms with Crippen molar-refractivity contribution in [2.45, 2.75) is 6.42 Å². The number of rotatable bonds is 5. The lowest BCUT2D eigenvalue weighted by molar-refractivity contribution is -0.136. The second-order valence-corrected chi connectivity index (χ2v) is 4.22. The minimum Gasteiger partial charge on any atom is -0.354 e. The summed E-state index contributed by atoms with van der Waals surface area (Å²) in [6.45, 7) is 0.283. The lowest BCUT2D eigenvalue weighted by Crippen LogP contribution is -2.36. The lowest BCUT2D eigenvalue weighted by Gasteiger charge is -2.07. The summed E-state index contributed by atoms with van der Waals surface area (Å²) in [4.78, 5) is 14.8. The smallest absolute Gasteiger partial charge is 0.315 e. The first-order chi connectivity index (χ1) is 8.79. The van der Waals surface area contributed by atoms with E-state index in [-0.39, 0.29) is 6.47 Å². The van der Waals surface area contributed by atoms with Gasteiger partial charge in [-0.3, -0.25) is 10.2 Å². The molecular weight excluding hydrogens is 248 g/mol. The zero-order valence-corrected chi connectivity index (χ0v) is 10.4. The standard InChI is InChI=1S/C13H12N2O2S/c16-9-17-15-14-13(18)8-10-5-6-11-3-1-2-4-12(11)7-10/h1-7,9,15H,8H2,(H,14,18). The first-order valence-electron chi connectivity index (χ1n) is 5.40. The van der Waals surface area contributed by atoms with Crippen molar-refractivity contribution in [1.82, 2.24) is 11.0 Å². The van der Waals surface area contributed by atoms with Crippen molar-refractivity contribution >= 4 is 34.5 Å². The molecule has 0 aromatic heterocycles. The first-order valence-corrected chi connectivity index (χ1v) is 5.81. The molecule has 2 aromatic carbocycles. The number of carbonyl (C=O) groups excluding carboxylic acids is 1. The monoisotopic (exact) mass is 260 g/mol. The molecule has 2 aromatic rings. The predicted molar refractivity (Wildman–Crippen MR) is 73.7 cm³/mol. The van der Waals surface area contributed by atoms with Gasteiger partial charge in [-0.1, -0.05) is 60.3 Å². The molecule has 0 spiro atoms. The number of hydrogen-bond acceptors (Lipinski definition) is 4. The van der Waals surface area contributed by atoms with Crippen LogP contribution in [-0.2, 0) is 16.1 Å². The van der Waals surface area contributed by atoms with Crippen LogP contribution in [0.25, 0.3) is 10.8 Å². The third-order valence-corrected chi connectivity index (χ3v) is 2.72. The molecule has 2 rings (SSSR count). The summed E-state index contributed by atoms with van der Waals surface area (Å²) in [6.07, 6.45) is 0.579. The fourth-order valence-corrected chi connectivity index (χ4v) is 1.90. The highest BCUT2D eigenvalue weighted by Crippen LogP contribution is 2.15. The van der Waals surface area contributed by atoms with Crippen LogP contribution in [0.2, 0.25) is 0 Å². The molecule has 0 amide bonds. The van der Waals surface area contributed by atoms with Crippen LogP contribution < -0.4 is 11.0 Å². The fraction of sp³-hybridized carbons (Fsp3) is 0.0769. The van der Waals surface area contributed by atoms with Gasteiger partial charge in [0, 0.05) is 6.42 Å². The Morgan fingerprint density at radius 3 is 2.78 bits per heavy atom. The van der Waals surface area contributed by atoms with Gasteiger partial charge in [-0.2, -0.15) is 0 Å². The summed E-state index contributed by atoms with van der Waals surface area (Å²) < 4.78 is 0. The number of hydrazine groups is 1. The van der Waals surface area contributed by atoms with E-state index in [9.17, 15) is 4.79 Å². The average Bonchev–Trinajstić information content (AvgIpc) is 2.39. The molecule has 0 heterocycles. The molecule has 0 bridgehead atoms. The quantitative estimate of drug-likeness (QED) is 0.372. The molecular formula is C13H12N2O2S. The Labute approximate surface area is 110 Å². The Hall–Kier alpha value is -1.98. The van der Waals surface area contributed by atoms with Crippen molar-refractivity contribution in [3.63, 3.8) is 0 Å². The van der Waals surface area contributed by atoms with E-state index in [2.05, 4.69) is 40.1 Å². The highest BCUT2D eigenvalue weighted by molar-refractivity contribution is 7.80. The lowest BCUT2D eigenvalue weighted by atomic mass is 10.1. The minimum atomic E-state index is 0.283. The van der Waals surface area contributed by atoms with E-state index in [0.717, 1.165) is 5.56 Å². The number of fused-ring (bicyclic) bond motifs is 1. The molecule has 0 saturated carbocycles. The molecule has 0 radical (unpaired) electrons. The maximum absolute atomic E-state index is 9.92. The summed E-state index contributed by atoms with van der Waals surface area (Å²) >= 11 is 5.10. The van der Waals surface area contributed by atoms with E-state index in [1.807, 2.05) is 18.2 Å². The summed E-state index contributed by atoms with van der Waals surface area (Å²) in [5.74, 6) is 0. The molecule has 0 atom stereocenters. The van der Waals surface area contributed by atoms with Crippen LogP contribution in [0.1, 0.15) is 5.56 Å². The zero-order chi connectivity index (χ0) is 12.8. The summed E-state index contributed by atoms with van der Waals surface area (Å²) in [5.41, 5.74) is 5.94. The van der Waals surface area contributed by atoms with Crippen molar-refractivity contribution in [3.05, 3.63) is 48.0 Å². The van der Waals surface area contributed by atoms with Crippen LogP contribution >= 0.6 is 12.2 Å². The van der Waals surface area contributed by atoms with Gasteiger partial charge in [0.25, 0.3) is 0 Å². The maximum Gasteiger partial charge on any atom is 0.315 e. The molecule has 0 unspecified atom stereocenters. The number of thiocarbonyl (C=S) groups is 1. The summed E-state index contributed by atoms with van der Waals surface area (Å²) in [6, 6.07) is 14.3. The maximum atomic E-state index is 9.92. The molecule has 4 nitrogen and oxygen atoms in total. The molecule has 5 heteroatoms. The van der Waals surface area contributed by atoms with Crippen LogP contribution in [0.3, 0.4) is 0 Å². The average molecular weight is 260 g/mol.